The van der Waals surface area contributed by atoms with Gasteiger partial charge in [0.25, 0.3) is 0 Å². The molecule has 0 aliphatic carbocycles. The average Bonchev–Trinajstić information content (AvgIpc) is 2.57. The second kappa shape index (κ2) is 18.4. The highest BCUT2D eigenvalue weighted by atomic mass is 33.1. The van der Waals surface area contributed by atoms with E-state index < -0.39 is 8.30 Å². The molecule has 0 aliphatic heterocycles. The van der Waals surface area contributed by atoms with Gasteiger partial charge in [-0.2, -0.15) is 0 Å². The summed E-state index contributed by atoms with van der Waals surface area (Å²) in [6.45, 7) is 12.8. The van der Waals surface area contributed by atoms with Gasteiger partial charge >= 0.3 is 0 Å². The van der Waals surface area contributed by atoms with Crippen LogP contribution in [0.3, 0.4) is 0 Å². The first kappa shape index (κ1) is 24.0. The Morgan fingerprint density at radius 1 is 0.880 bits per heavy atom. The first-order valence-electron chi connectivity index (χ1n) is 10.4. The van der Waals surface area contributed by atoms with Gasteiger partial charge in [0.05, 0.1) is 6.61 Å². The van der Waals surface area contributed by atoms with Gasteiger partial charge in [0.15, 0.2) is 0 Å². The van der Waals surface area contributed by atoms with E-state index >= 15 is 0 Å². The van der Waals surface area contributed by atoms with Crippen molar-refractivity contribution in [2.75, 3.05) is 31.4 Å². The summed E-state index contributed by atoms with van der Waals surface area (Å²) in [6, 6.07) is 1.11. The SMILES string of the molecule is [2H]OCCCCCCSSCCCCCCOP(C)N(C(C)C)C(C)C. The van der Waals surface area contributed by atoms with Gasteiger partial charge in [0, 0.05) is 30.2 Å². The first-order valence-corrected chi connectivity index (χ1v) is 14.1. The highest BCUT2D eigenvalue weighted by molar-refractivity contribution is 8.76. The zero-order chi connectivity index (χ0) is 19.6. The molecule has 0 saturated heterocycles. The van der Waals surface area contributed by atoms with E-state index in [0.29, 0.717) is 18.7 Å². The molecule has 0 aliphatic rings. The monoisotopic (exact) mass is 412 g/mol. The van der Waals surface area contributed by atoms with Crippen LogP contribution in [0.4, 0.5) is 0 Å². The molecule has 0 bridgehead atoms. The molecular weight excluding hydrogens is 369 g/mol. The van der Waals surface area contributed by atoms with E-state index in [9.17, 15) is 0 Å². The van der Waals surface area contributed by atoms with Crippen LogP contribution in [0, 0.1) is 0 Å². The average molecular weight is 413 g/mol. The topological polar surface area (TPSA) is 32.7 Å². The van der Waals surface area contributed by atoms with Crippen LogP contribution in [0.25, 0.3) is 0 Å². The molecule has 0 spiro atoms. The minimum absolute atomic E-state index is 0.455. The van der Waals surface area contributed by atoms with Gasteiger partial charge in [-0.15, -0.1) is 0 Å². The zero-order valence-corrected chi connectivity index (χ0v) is 19.7. The smallest absolute Gasteiger partial charge is 0.210 e. The third kappa shape index (κ3) is 15.7. The maximum atomic E-state index is 6.62. The quantitative estimate of drug-likeness (QED) is 0.148. The van der Waals surface area contributed by atoms with E-state index in [1.807, 2.05) is 21.6 Å². The molecule has 1 atom stereocenters. The van der Waals surface area contributed by atoms with Crippen molar-refractivity contribution in [1.29, 1.82) is 1.43 Å². The lowest BCUT2D eigenvalue weighted by molar-refractivity contribution is 0.252. The Balaban J connectivity index is 3.33. The van der Waals surface area contributed by atoms with Gasteiger partial charge < -0.3 is 9.63 Å². The molecule has 0 amide bonds. The molecule has 0 fully saturated rings. The summed E-state index contributed by atoms with van der Waals surface area (Å²) >= 11 is 0. The molecule has 1 N–H and O–H groups in total. The first-order chi connectivity index (χ1) is 12.5. The maximum absolute atomic E-state index is 6.62. The third-order valence-corrected chi connectivity index (χ3v) is 8.70. The van der Waals surface area contributed by atoms with E-state index in [2.05, 4.69) is 44.1 Å². The number of unbranched alkanes of at least 4 members (excludes halogenated alkanes) is 6. The lowest BCUT2D eigenvalue weighted by Gasteiger charge is -2.35. The van der Waals surface area contributed by atoms with Crippen LogP contribution < -0.4 is 0 Å². The molecule has 25 heavy (non-hydrogen) atoms. The zero-order valence-electron chi connectivity index (χ0n) is 18.2. The summed E-state index contributed by atoms with van der Waals surface area (Å²) in [6.07, 6.45) is 9.90. The second-order valence-corrected chi connectivity index (χ2v) is 11.4. The number of rotatable bonds is 19. The fourth-order valence-electron chi connectivity index (χ4n) is 2.86. The summed E-state index contributed by atoms with van der Waals surface area (Å²) in [4.78, 5) is 0. The Hall–Kier alpha value is 1.01. The number of aliphatic hydroxyl groups is 1. The van der Waals surface area contributed by atoms with Gasteiger partial charge in [-0.25, -0.2) is 0 Å². The highest BCUT2D eigenvalue weighted by Gasteiger charge is 2.20. The fraction of sp³-hybridized carbons (Fsp3) is 1.00. The molecule has 0 aromatic heterocycles. The Morgan fingerprint density at radius 2 is 1.40 bits per heavy atom. The molecule has 152 valence electrons. The molecule has 3 nitrogen and oxygen atoms in total. The van der Waals surface area contributed by atoms with Crippen molar-refractivity contribution in [1.82, 2.24) is 4.67 Å². The van der Waals surface area contributed by atoms with Crippen molar-refractivity contribution in [3.05, 3.63) is 0 Å². The van der Waals surface area contributed by atoms with Gasteiger partial charge in [-0.05, 0) is 60.0 Å². The van der Waals surface area contributed by atoms with E-state index in [-0.39, 0.29) is 0 Å². The van der Waals surface area contributed by atoms with E-state index in [1.165, 1.54) is 56.5 Å². The largest absolute Gasteiger partial charge is 0.396 e. The van der Waals surface area contributed by atoms with E-state index in [0.717, 1.165) is 13.0 Å². The lowest BCUT2D eigenvalue weighted by Crippen LogP contribution is -2.32. The summed E-state index contributed by atoms with van der Waals surface area (Å²) in [5, 5.41) is 4.32. The van der Waals surface area contributed by atoms with Gasteiger partial charge in [-0.1, -0.05) is 47.3 Å². The summed E-state index contributed by atoms with van der Waals surface area (Å²) in [7, 11) is 3.59. The minimum atomic E-state index is -0.455. The molecule has 1 unspecified atom stereocenters. The number of nitrogens with zero attached hydrogens (tertiary/aromatic N) is 1. The standard InChI is InChI=1S/C19H42NO2PS2/c1-18(2)20(19(3)4)23(5)22-15-11-7-9-13-17-25-24-16-12-8-6-10-14-21/h18-19,21H,6-17H2,1-5H3/i21D. The highest BCUT2D eigenvalue weighted by Crippen LogP contribution is 2.41. The normalized spacial score (nSPS) is 13.8. The van der Waals surface area contributed by atoms with Gasteiger partial charge in [0.2, 0.25) is 1.43 Å². The predicted molar refractivity (Wildman–Crippen MR) is 120 cm³/mol. The Morgan fingerprint density at radius 3 is 1.92 bits per heavy atom. The Labute approximate surface area is 168 Å². The molecule has 0 heterocycles. The fourth-order valence-corrected chi connectivity index (χ4v) is 6.98. The molecule has 0 saturated carbocycles. The van der Waals surface area contributed by atoms with Crippen molar-refractivity contribution in [2.24, 2.45) is 0 Å². The summed E-state index contributed by atoms with van der Waals surface area (Å²) in [5.74, 6) is 2.52. The van der Waals surface area contributed by atoms with Gasteiger partial charge in [-0.3, -0.25) is 4.67 Å². The van der Waals surface area contributed by atoms with Gasteiger partial charge in [0.1, 0.15) is 8.30 Å². The minimum Gasteiger partial charge on any atom is -0.396 e. The van der Waals surface area contributed by atoms with Crippen molar-refractivity contribution in [2.45, 2.75) is 91.1 Å². The molecule has 0 rings (SSSR count). The Kier molecular flexibility index (Phi) is 17.7. The van der Waals surface area contributed by atoms with Crippen LogP contribution in [-0.4, -0.2) is 54.7 Å². The molecular formula is C19H42NO2PS2. The second-order valence-electron chi connectivity index (χ2n) is 7.04. The number of aliphatic hydroxyl groups excluding tert-OH is 1. The van der Waals surface area contributed by atoms with Crippen molar-refractivity contribution in [3.63, 3.8) is 0 Å². The van der Waals surface area contributed by atoms with Crippen LogP contribution >= 0.6 is 29.9 Å². The van der Waals surface area contributed by atoms with Crippen LogP contribution in [0.5, 0.6) is 0 Å². The lowest BCUT2D eigenvalue weighted by atomic mass is 10.2. The van der Waals surface area contributed by atoms with Crippen LogP contribution in [0.2, 0.25) is 0 Å². The molecule has 0 radical (unpaired) electrons. The van der Waals surface area contributed by atoms with Crippen molar-refractivity contribution < 1.29 is 9.63 Å². The molecule has 0 aromatic rings. The summed E-state index contributed by atoms with van der Waals surface area (Å²) < 4.78 is 15.2. The van der Waals surface area contributed by atoms with E-state index in [4.69, 9.17) is 5.95 Å². The predicted octanol–water partition coefficient (Wildman–Crippen LogP) is 6.56. The van der Waals surface area contributed by atoms with Crippen LogP contribution in [0.15, 0.2) is 0 Å². The van der Waals surface area contributed by atoms with Crippen molar-refractivity contribution in [3.8, 4) is 0 Å². The summed E-state index contributed by atoms with van der Waals surface area (Å²) in [5.41, 5.74) is 0. The van der Waals surface area contributed by atoms with E-state index in [1.54, 1.807) is 0 Å². The van der Waals surface area contributed by atoms with Crippen LogP contribution in [-0.2, 0) is 4.52 Å². The number of hydrogen-bond donors (Lipinski definition) is 1. The number of hydrogen-bond acceptors (Lipinski definition) is 5. The van der Waals surface area contributed by atoms with Crippen LogP contribution in [0.1, 0.15) is 79.1 Å². The maximum Gasteiger partial charge on any atom is 0.210 e. The molecule has 6 heteroatoms. The van der Waals surface area contributed by atoms with Crippen molar-refractivity contribution >= 4 is 29.9 Å². The molecule has 0 aromatic carbocycles. The third-order valence-electron chi connectivity index (χ3n) is 3.99. The Bertz CT molecular complexity index is 295.